The second kappa shape index (κ2) is 9.27. The molecule has 7 nitrogen and oxygen atoms in total. The Balaban J connectivity index is 1.55. The van der Waals surface area contributed by atoms with Crippen LogP contribution in [0.1, 0.15) is 43.9 Å². The first-order valence-corrected chi connectivity index (χ1v) is 12.9. The highest BCUT2D eigenvalue weighted by Gasteiger charge is 2.32. The average molecular weight is 470 g/mol. The number of hydrogen-bond acceptors (Lipinski definition) is 4. The molecule has 2 amide bonds. The highest BCUT2D eigenvalue weighted by atomic mass is 32.2. The number of carbonyl (C=O) groups excluding carboxylic acids is 2. The van der Waals surface area contributed by atoms with Crippen molar-refractivity contribution in [2.24, 2.45) is 5.92 Å². The van der Waals surface area contributed by atoms with Crippen LogP contribution in [0.25, 0.3) is 0 Å². The van der Waals surface area contributed by atoms with Crippen LogP contribution in [0.2, 0.25) is 0 Å². The van der Waals surface area contributed by atoms with Gasteiger partial charge in [0.05, 0.1) is 4.90 Å². The number of hydrogen-bond donors (Lipinski definition) is 1. The molecule has 1 atom stereocenters. The van der Waals surface area contributed by atoms with E-state index in [1.165, 1.54) is 18.6 Å². The van der Waals surface area contributed by atoms with Gasteiger partial charge in [-0.1, -0.05) is 38.1 Å². The fourth-order valence-corrected chi connectivity index (χ4v) is 5.95. The first kappa shape index (κ1) is 23.4. The normalized spacial score (nSPS) is 16.5. The summed E-state index contributed by atoms with van der Waals surface area (Å²) < 4.78 is 29.2. The van der Waals surface area contributed by atoms with Crippen LogP contribution in [0.15, 0.2) is 47.4 Å². The van der Waals surface area contributed by atoms with Crippen molar-refractivity contribution in [2.75, 3.05) is 18.0 Å². The molecule has 2 aromatic carbocycles. The summed E-state index contributed by atoms with van der Waals surface area (Å²) in [6.07, 6.45) is 1.79. The first-order chi connectivity index (χ1) is 15.7. The summed E-state index contributed by atoms with van der Waals surface area (Å²) >= 11 is 0. The Hall–Kier alpha value is -2.71. The molecule has 0 bridgehead atoms. The van der Waals surface area contributed by atoms with Gasteiger partial charge in [0.25, 0.3) is 0 Å². The predicted octanol–water partition coefficient (Wildman–Crippen LogP) is 2.87. The minimum Gasteiger partial charge on any atom is -0.337 e. The maximum absolute atomic E-state index is 13.4. The van der Waals surface area contributed by atoms with Crippen LogP contribution < -0.4 is 9.62 Å². The Bertz CT molecular complexity index is 1180. The van der Waals surface area contributed by atoms with Gasteiger partial charge in [0.2, 0.25) is 21.8 Å². The van der Waals surface area contributed by atoms with Gasteiger partial charge < -0.3 is 9.80 Å². The van der Waals surface area contributed by atoms with Gasteiger partial charge in [-0.05, 0) is 60.1 Å². The largest absolute Gasteiger partial charge is 0.337 e. The van der Waals surface area contributed by atoms with E-state index in [2.05, 4.69) is 10.8 Å². The van der Waals surface area contributed by atoms with Gasteiger partial charge in [0.15, 0.2) is 0 Å². The molecule has 0 saturated heterocycles. The Morgan fingerprint density at radius 3 is 2.39 bits per heavy atom. The molecule has 0 aliphatic carbocycles. The van der Waals surface area contributed by atoms with Crippen molar-refractivity contribution < 1.29 is 18.0 Å². The number of nitrogens with one attached hydrogen (secondary N) is 1. The molecule has 2 aromatic rings. The van der Waals surface area contributed by atoms with Crippen LogP contribution >= 0.6 is 0 Å². The Morgan fingerprint density at radius 1 is 1.00 bits per heavy atom. The Labute approximate surface area is 195 Å². The van der Waals surface area contributed by atoms with E-state index in [0.29, 0.717) is 32.5 Å². The monoisotopic (exact) mass is 469 g/mol. The van der Waals surface area contributed by atoms with E-state index < -0.39 is 16.1 Å². The van der Waals surface area contributed by atoms with Gasteiger partial charge in [0, 0.05) is 32.2 Å². The van der Waals surface area contributed by atoms with E-state index >= 15 is 0 Å². The molecular weight excluding hydrogens is 438 g/mol. The average Bonchev–Trinajstić information content (AvgIpc) is 3.21. The van der Waals surface area contributed by atoms with Crippen LogP contribution in [0.5, 0.6) is 0 Å². The zero-order valence-electron chi connectivity index (χ0n) is 19.4. The van der Waals surface area contributed by atoms with E-state index in [1.54, 1.807) is 21.9 Å². The summed E-state index contributed by atoms with van der Waals surface area (Å²) in [4.78, 5) is 28.7. The third-order valence-electron chi connectivity index (χ3n) is 6.38. The smallest absolute Gasteiger partial charge is 0.241 e. The SMILES string of the molecule is CC(=O)N1CCc2cc(S(=O)(=O)N[C@@H](CC(C)C)C(=O)N3CCc4ccccc4C3)ccc21. The predicted molar refractivity (Wildman–Crippen MR) is 127 cm³/mol. The molecule has 0 unspecified atom stereocenters. The van der Waals surface area contributed by atoms with Gasteiger partial charge >= 0.3 is 0 Å². The van der Waals surface area contributed by atoms with E-state index in [-0.39, 0.29) is 22.6 Å². The molecule has 0 radical (unpaired) electrons. The minimum atomic E-state index is -3.91. The third kappa shape index (κ3) is 4.96. The third-order valence-corrected chi connectivity index (χ3v) is 7.85. The Morgan fingerprint density at radius 2 is 1.70 bits per heavy atom. The molecule has 4 rings (SSSR count). The molecule has 0 spiro atoms. The van der Waals surface area contributed by atoms with Crippen molar-refractivity contribution in [2.45, 2.75) is 57.5 Å². The lowest BCUT2D eigenvalue weighted by Gasteiger charge is -2.32. The van der Waals surface area contributed by atoms with Crippen molar-refractivity contribution in [3.63, 3.8) is 0 Å². The highest BCUT2D eigenvalue weighted by Crippen LogP contribution is 2.30. The fourth-order valence-electron chi connectivity index (χ4n) is 4.70. The molecule has 2 aliphatic heterocycles. The summed E-state index contributed by atoms with van der Waals surface area (Å²) in [5.41, 5.74) is 3.92. The van der Waals surface area contributed by atoms with Gasteiger partial charge in [-0.3, -0.25) is 9.59 Å². The number of sulfonamides is 1. The van der Waals surface area contributed by atoms with Crippen LogP contribution in [0, 0.1) is 5.92 Å². The van der Waals surface area contributed by atoms with E-state index in [0.717, 1.165) is 23.2 Å². The molecule has 0 saturated carbocycles. The number of amides is 2. The van der Waals surface area contributed by atoms with Gasteiger partial charge in [-0.15, -0.1) is 0 Å². The van der Waals surface area contributed by atoms with Gasteiger partial charge in [0.1, 0.15) is 6.04 Å². The number of fused-ring (bicyclic) bond motifs is 2. The maximum atomic E-state index is 13.4. The first-order valence-electron chi connectivity index (χ1n) is 11.4. The second-order valence-corrected chi connectivity index (χ2v) is 11.0. The number of benzene rings is 2. The number of anilines is 1. The standard InChI is InChI=1S/C25H31N3O4S/c1-17(2)14-23(25(30)27-12-10-19-6-4-5-7-21(19)16-27)26-33(31,32)22-8-9-24-20(15-22)11-13-28(24)18(3)29/h4-9,15,17,23,26H,10-14,16H2,1-3H3/t23-/m0/s1. The van der Waals surface area contributed by atoms with Crippen LogP contribution in [0.4, 0.5) is 5.69 Å². The number of carbonyl (C=O) groups is 2. The quantitative estimate of drug-likeness (QED) is 0.705. The molecule has 176 valence electrons. The van der Waals surface area contributed by atoms with E-state index in [4.69, 9.17) is 0 Å². The molecule has 8 heteroatoms. The summed E-state index contributed by atoms with van der Waals surface area (Å²) in [5.74, 6) is -0.109. The van der Waals surface area contributed by atoms with Crippen molar-refractivity contribution in [1.82, 2.24) is 9.62 Å². The lowest BCUT2D eigenvalue weighted by molar-refractivity contribution is -0.134. The molecule has 2 aliphatic rings. The molecule has 1 N–H and O–H groups in total. The maximum Gasteiger partial charge on any atom is 0.241 e. The van der Waals surface area contributed by atoms with E-state index in [1.807, 2.05) is 32.0 Å². The summed E-state index contributed by atoms with van der Waals surface area (Å²) in [5, 5.41) is 0. The van der Waals surface area contributed by atoms with Crippen LogP contribution in [-0.4, -0.2) is 44.3 Å². The molecule has 0 fully saturated rings. The lowest BCUT2D eigenvalue weighted by atomic mass is 9.98. The minimum absolute atomic E-state index is 0.0619. The Kier molecular flexibility index (Phi) is 6.59. The molecular formula is C25H31N3O4S. The fraction of sp³-hybridized carbons (Fsp3) is 0.440. The molecule has 0 aromatic heterocycles. The lowest BCUT2D eigenvalue weighted by Crippen LogP contribution is -2.50. The van der Waals surface area contributed by atoms with Gasteiger partial charge in [-0.2, -0.15) is 4.72 Å². The van der Waals surface area contributed by atoms with Crippen LogP contribution in [0.3, 0.4) is 0 Å². The summed E-state index contributed by atoms with van der Waals surface area (Å²) in [6.45, 7) is 7.07. The van der Waals surface area contributed by atoms with Crippen molar-refractivity contribution >= 4 is 27.5 Å². The molecule has 2 heterocycles. The van der Waals surface area contributed by atoms with Crippen molar-refractivity contribution in [3.05, 3.63) is 59.2 Å². The van der Waals surface area contributed by atoms with Gasteiger partial charge in [-0.25, -0.2) is 8.42 Å². The topological polar surface area (TPSA) is 86.8 Å². The second-order valence-electron chi connectivity index (χ2n) is 9.29. The van der Waals surface area contributed by atoms with Crippen molar-refractivity contribution in [3.8, 4) is 0 Å². The molecule has 33 heavy (non-hydrogen) atoms. The van der Waals surface area contributed by atoms with E-state index in [9.17, 15) is 18.0 Å². The van der Waals surface area contributed by atoms with Crippen molar-refractivity contribution in [1.29, 1.82) is 0 Å². The summed E-state index contributed by atoms with van der Waals surface area (Å²) in [6, 6.07) is 12.0. The summed E-state index contributed by atoms with van der Waals surface area (Å²) in [7, 11) is -3.91. The zero-order valence-corrected chi connectivity index (χ0v) is 20.2. The van der Waals surface area contributed by atoms with Crippen LogP contribution in [-0.2, 0) is 39.0 Å². The highest BCUT2D eigenvalue weighted by molar-refractivity contribution is 7.89. The number of nitrogens with zero attached hydrogens (tertiary/aromatic N) is 2. The number of rotatable bonds is 6. The zero-order chi connectivity index (χ0) is 23.8.